The number of methoxy groups -OCH3 is 1. The highest BCUT2D eigenvalue weighted by molar-refractivity contribution is 5.31. The van der Waals surface area contributed by atoms with E-state index >= 15 is 0 Å². The van der Waals surface area contributed by atoms with E-state index in [9.17, 15) is 0 Å². The lowest BCUT2D eigenvalue weighted by Crippen LogP contribution is -2.22. The number of aromatic amines is 2. The maximum atomic E-state index is 5.84. The maximum absolute atomic E-state index is 5.84. The fourth-order valence-corrected chi connectivity index (χ4v) is 4.21. The number of benzene rings is 1. The molecule has 1 aliphatic rings. The van der Waals surface area contributed by atoms with Gasteiger partial charge in [-0.1, -0.05) is 20.8 Å². The topological polar surface area (TPSA) is 79.1 Å². The lowest BCUT2D eigenvalue weighted by molar-refractivity contribution is 0.319. The Labute approximate surface area is 184 Å². The standard InChI is InChI=1S/C24H33N5O2/c1-24(2,3)23-18(14-25-28-23)16-29-11-9-17(15-29)22-13-19(26-27-22)10-12-31-21-7-5-20(30-4)6-8-21/h5-8,13-14,17H,9-12,15-16H2,1-4H3,(H,25,28)(H,26,27)/t17-/m0/s1. The first-order valence-corrected chi connectivity index (χ1v) is 11.0. The number of rotatable bonds is 8. The van der Waals surface area contributed by atoms with E-state index in [1.807, 2.05) is 30.5 Å². The molecule has 0 radical (unpaired) electrons. The first-order chi connectivity index (χ1) is 14.9. The van der Waals surface area contributed by atoms with Crippen LogP contribution in [0.2, 0.25) is 0 Å². The Kier molecular flexibility index (Phi) is 6.32. The molecular formula is C24H33N5O2. The zero-order chi connectivity index (χ0) is 21.8. The van der Waals surface area contributed by atoms with Gasteiger partial charge in [-0.3, -0.25) is 15.1 Å². The lowest BCUT2D eigenvalue weighted by atomic mass is 9.89. The fourth-order valence-electron chi connectivity index (χ4n) is 4.21. The first kappa shape index (κ1) is 21.4. The molecule has 2 aromatic heterocycles. The highest BCUT2D eigenvalue weighted by Gasteiger charge is 2.28. The monoisotopic (exact) mass is 423 g/mol. The minimum Gasteiger partial charge on any atom is -0.497 e. The number of aromatic nitrogens is 4. The van der Waals surface area contributed by atoms with E-state index in [1.165, 1.54) is 11.3 Å². The summed E-state index contributed by atoms with van der Waals surface area (Å²) in [5.74, 6) is 2.15. The van der Waals surface area contributed by atoms with Crippen LogP contribution in [0.3, 0.4) is 0 Å². The van der Waals surface area contributed by atoms with E-state index in [4.69, 9.17) is 9.47 Å². The van der Waals surface area contributed by atoms with Gasteiger partial charge in [-0.25, -0.2) is 0 Å². The first-order valence-electron chi connectivity index (χ1n) is 11.0. The van der Waals surface area contributed by atoms with E-state index in [0.29, 0.717) is 12.5 Å². The van der Waals surface area contributed by atoms with Crippen LogP contribution in [0.1, 0.15) is 55.8 Å². The van der Waals surface area contributed by atoms with Crippen molar-refractivity contribution in [1.82, 2.24) is 25.3 Å². The Bertz CT molecular complexity index is 971. The number of nitrogens with one attached hydrogen (secondary N) is 2. The van der Waals surface area contributed by atoms with Crippen LogP contribution in [0.5, 0.6) is 11.5 Å². The summed E-state index contributed by atoms with van der Waals surface area (Å²) in [7, 11) is 1.66. The van der Waals surface area contributed by atoms with Gasteiger partial charge >= 0.3 is 0 Å². The van der Waals surface area contributed by atoms with Gasteiger partial charge in [0.2, 0.25) is 0 Å². The molecule has 7 nitrogen and oxygen atoms in total. The molecule has 1 aromatic carbocycles. The average Bonchev–Trinajstić information content (AvgIpc) is 3.49. The molecule has 1 fully saturated rings. The molecule has 1 atom stereocenters. The van der Waals surface area contributed by atoms with Crippen LogP contribution in [-0.2, 0) is 18.4 Å². The van der Waals surface area contributed by atoms with Crippen molar-refractivity contribution in [1.29, 1.82) is 0 Å². The third-order valence-electron chi connectivity index (χ3n) is 5.90. The van der Waals surface area contributed by atoms with Crippen molar-refractivity contribution in [3.8, 4) is 11.5 Å². The number of H-pyrrole nitrogens is 2. The van der Waals surface area contributed by atoms with Crippen molar-refractivity contribution < 1.29 is 9.47 Å². The SMILES string of the molecule is COc1ccc(OCCc2cc([C@H]3CCN(Cc4cn[nH]c4C(C)(C)C)C3)n[nH]2)cc1. The third-order valence-corrected chi connectivity index (χ3v) is 5.90. The molecule has 0 saturated carbocycles. The number of hydrogen-bond acceptors (Lipinski definition) is 5. The molecule has 31 heavy (non-hydrogen) atoms. The van der Waals surface area contributed by atoms with E-state index in [2.05, 4.69) is 52.1 Å². The number of likely N-dealkylation sites (tertiary alicyclic amines) is 1. The molecule has 4 rings (SSSR count). The Morgan fingerprint density at radius 3 is 2.65 bits per heavy atom. The van der Waals surface area contributed by atoms with Gasteiger partial charge in [-0.15, -0.1) is 0 Å². The predicted octanol–water partition coefficient (Wildman–Crippen LogP) is 4.05. The molecule has 166 valence electrons. The van der Waals surface area contributed by atoms with Crippen LogP contribution in [0.4, 0.5) is 0 Å². The van der Waals surface area contributed by atoms with Crippen LogP contribution < -0.4 is 9.47 Å². The fraction of sp³-hybridized carbons (Fsp3) is 0.500. The molecule has 0 spiro atoms. The van der Waals surface area contributed by atoms with Crippen molar-refractivity contribution in [2.75, 3.05) is 26.8 Å². The van der Waals surface area contributed by atoms with Gasteiger partial charge in [0.1, 0.15) is 11.5 Å². The second-order valence-corrected chi connectivity index (χ2v) is 9.33. The maximum Gasteiger partial charge on any atom is 0.119 e. The van der Waals surface area contributed by atoms with Gasteiger partial charge in [0.15, 0.2) is 0 Å². The summed E-state index contributed by atoms with van der Waals surface area (Å²) in [6.45, 7) is 10.3. The predicted molar refractivity (Wildman–Crippen MR) is 121 cm³/mol. The summed E-state index contributed by atoms with van der Waals surface area (Å²) < 4.78 is 11.0. The number of hydrogen-bond donors (Lipinski definition) is 2. The Hall–Kier alpha value is -2.80. The second-order valence-electron chi connectivity index (χ2n) is 9.33. The molecule has 2 N–H and O–H groups in total. The minimum absolute atomic E-state index is 0.0793. The van der Waals surface area contributed by atoms with Gasteiger partial charge in [-0.05, 0) is 43.3 Å². The normalized spacial score (nSPS) is 17.2. The van der Waals surface area contributed by atoms with E-state index in [1.54, 1.807) is 7.11 Å². The number of ether oxygens (including phenoxy) is 2. The van der Waals surface area contributed by atoms with Crippen LogP contribution >= 0.6 is 0 Å². The van der Waals surface area contributed by atoms with Crippen LogP contribution in [0, 0.1) is 0 Å². The molecule has 7 heteroatoms. The van der Waals surface area contributed by atoms with Crippen LogP contribution in [0.15, 0.2) is 36.5 Å². The van der Waals surface area contributed by atoms with Gasteiger partial charge in [0, 0.05) is 47.8 Å². The van der Waals surface area contributed by atoms with Crippen molar-refractivity contribution in [2.45, 2.75) is 51.5 Å². The van der Waals surface area contributed by atoms with Crippen molar-refractivity contribution in [3.63, 3.8) is 0 Å². The van der Waals surface area contributed by atoms with Crippen molar-refractivity contribution in [3.05, 3.63) is 59.2 Å². The summed E-state index contributed by atoms with van der Waals surface area (Å²) in [4.78, 5) is 2.51. The third kappa shape index (κ3) is 5.28. The highest BCUT2D eigenvalue weighted by atomic mass is 16.5. The van der Waals surface area contributed by atoms with E-state index < -0.39 is 0 Å². The summed E-state index contributed by atoms with van der Waals surface area (Å²) >= 11 is 0. The lowest BCUT2D eigenvalue weighted by Gasteiger charge is -2.21. The van der Waals surface area contributed by atoms with E-state index in [-0.39, 0.29) is 5.41 Å². The highest BCUT2D eigenvalue weighted by Crippen LogP contribution is 2.30. The van der Waals surface area contributed by atoms with Crippen molar-refractivity contribution >= 4 is 0 Å². The molecule has 0 amide bonds. The second kappa shape index (κ2) is 9.14. The molecule has 0 aliphatic carbocycles. The summed E-state index contributed by atoms with van der Waals surface area (Å²) in [5, 5.41) is 15.3. The summed E-state index contributed by atoms with van der Waals surface area (Å²) in [6, 6.07) is 9.86. The summed E-state index contributed by atoms with van der Waals surface area (Å²) in [5.41, 5.74) is 4.88. The van der Waals surface area contributed by atoms with E-state index in [0.717, 1.165) is 55.4 Å². The van der Waals surface area contributed by atoms with Crippen LogP contribution in [-0.4, -0.2) is 52.1 Å². The van der Waals surface area contributed by atoms with Gasteiger partial charge < -0.3 is 9.47 Å². The smallest absolute Gasteiger partial charge is 0.119 e. The van der Waals surface area contributed by atoms with Crippen LogP contribution in [0.25, 0.3) is 0 Å². The quantitative estimate of drug-likeness (QED) is 0.571. The molecule has 1 aliphatic heterocycles. The van der Waals surface area contributed by atoms with Gasteiger partial charge in [-0.2, -0.15) is 10.2 Å². The average molecular weight is 424 g/mol. The number of nitrogens with zero attached hydrogens (tertiary/aromatic N) is 3. The van der Waals surface area contributed by atoms with Gasteiger partial charge in [0.05, 0.1) is 25.6 Å². The Morgan fingerprint density at radius 1 is 1.13 bits per heavy atom. The molecule has 0 bridgehead atoms. The molecular weight excluding hydrogens is 390 g/mol. The molecule has 1 saturated heterocycles. The molecule has 3 aromatic rings. The molecule has 0 unspecified atom stereocenters. The zero-order valence-electron chi connectivity index (χ0n) is 18.9. The minimum atomic E-state index is 0.0793. The Balaban J connectivity index is 1.27. The Morgan fingerprint density at radius 2 is 1.90 bits per heavy atom. The molecule has 3 heterocycles. The van der Waals surface area contributed by atoms with Crippen molar-refractivity contribution in [2.24, 2.45) is 0 Å². The summed E-state index contributed by atoms with van der Waals surface area (Å²) in [6.07, 6.45) is 3.91. The van der Waals surface area contributed by atoms with Gasteiger partial charge in [0.25, 0.3) is 0 Å². The largest absolute Gasteiger partial charge is 0.497 e. The zero-order valence-corrected chi connectivity index (χ0v) is 18.9.